The van der Waals surface area contributed by atoms with Gasteiger partial charge in [-0.15, -0.1) is 11.3 Å². The lowest BCUT2D eigenvalue weighted by Gasteiger charge is -1.99. The van der Waals surface area contributed by atoms with Crippen LogP contribution in [0, 0.1) is 0 Å². The number of hydrogen-bond donors (Lipinski definition) is 1. The summed E-state index contributed by atoms with van der Waals surface area (Å²) >= 11 is 1.40. The van der Waals surface area contributed by atoms with Crippen LogP contribution in [0.1, 0.15) is 17.3 Å². The zero-order chi connectivity index (χ0) is 10.8. The number of nitrogens with zero attached hydrogens (tertiary/aromatic N) is 1. The van der Waals surface area contributed by atoms with Gasteiger partial charge in [-0.05, 0) is 13.0 Å². The van der Waals surface area contributed by atoms with E-state index in [9.17, 15) is 4.79 Å². The highest BCUT2D eigenvalue weighted by Crippen LogP contribution is 2.23. The predicted molar refractivity (Wildman–Crippen MR) is 62.0 cm³/mol. The Morgan fingerprint density at radius 2 is 2.27 bits per heavy atom. The summed E-state index contributed by atoms with van der Waals surface area (Å²) in [5, 5.41) is 2.42. The van der Waals surface area contributed by atoms with Crippen LogP contribution in [0.25, 0.3) is 11.3 Å². The number of anilines is 1. The molecule has 0 aliphatic rings. The van der Waals surface area contributed by atoms with Crippen LogP contribution in [-0.2, 0) is 0 Å². The molecule has 2 aromatic rings. The molecule has 0 saturated carbocycles. The summed E-state index contributed by atoms with van der Waals surface area (Å²) in [6.45, 7) is 1.55. The maximum atomic E-state index is 11.2. The van der Waals surface area contributed by atoms with Crippen LogP contribution in [0.5, 0.6) is 0 Å². The first-order chi connectivity index (χ1) is 7.16. The number of hydrogen-bond acceptors (Lipinski definition) is 4. The summed E-state index contributed by atoms with van der Waals surface area (Å²) < 4.78 is 0. The van der Waals surface area contributed by atoms with Crippen molar-refractivity contribution < 1.29 is 4.79 Å². The summed E-state index contributed by atoms with van der Waals surface area (Å²) in [5.74, 6) is 0.0556. The maximum absolute atomic E-state index is 11.2. The summed E-state index contributed by atoms with van der Waals surface area (Å²) in [5.41, 5.74) is 7.99. The van der Waals surface area contributed by atoms with Gasteiger partial charge in [-0.25, -0.2) is 4.98 Å². The van der Waals surface area contributed by atoms with Crippen molar-refractivity contribution in [3.63, 3.8) is 0 Å². The van der Waals surface area contributed by atoms with E-state index in [-0.39, 0.29) is 5.78 Å². The zero-order valence-corrected chi connectivity index (χ0v) is 9.04. The van der Waals surface area contributed by atoms with E-state index in [1.165, 1.54) is 11.3 Å². The molecule has 0 bridgehead atoms. The molecule has 2 rings (SSSR count). The minimum Gasteiger partial charge on any atom is -0.375 e. The molecule has 4 heteroatoms. The molecule has 2 N–H and O–H groups in total. The van der Waals surface area contributed by atoms with E-state index in [4.69, 9.17) is 5.73 Å². The largest absolute Gasteiger partial charge is 0.375 e. The Labute approximate surface area is 91.6 Å². The van der Waals surface area contributed by atoms with Gasteiger partial charge in [0.1, 0.15) is 0 Å². The molecule has 1 aromatic carbocycles. The van der Waals surface area contributed by atoms with E-state index in [0.29, 0.717) is 10.7 Å². The van der Waals surface area contributed by atoms with Crippen molar-refractivity contribution in [2.24, 2.45) is 0 Å². The van der Waals surface area contributed by atoms with Crippen LogP contribution < -0.4 is 5.73 Å². The molecule has 1 heterocycles. The molecule has 0 unspecified atom stereocenters. The van der Waals surface area contributed by atoms with Crippen LogP contribution in [0.15, 0.2) is 29.6 Å². The average Bonchev–Trinajstić information content (AvgIpc) is 2.65. The number of Topliss-reactive ketones (excluding diaryl/α,β-unsaturated/α-hetero) is 1. The topological polar surface area (TPSA) is 56.0 Å². The number of thiazole rings is 1. The number of nitrogens with two attached hydrogens (primary N) is 1. The van der Waals surface area contributed by atoms with Gasteiger partial charge in [0, 0.05) is 16.5 Å². The number of carbonyl (C=O) groups excluding carboxylic acids is 1. The second kappa shape index (κ2) is 3.82. The molecule has 0 atom stereocenters. The monoisotopic (exact) mass is 218 g/mol. The quantitative estimate of drug-likeness (QED) is 0.788. The van der Waals surface area contributed by atoms with Crippen molar-refractivity contribution in [3.8, 4) is 11.3 Å². The molecule has 0 saturated heterocycles. The molecule has 0 aliphatic heterocycles. The van der Waals surface area contributed by atoms with Gasteiger partial charge >= 0.3 is 0 Å². The van der Waals surface area contributed by atoms with Gasteiger partial charge < -0.3 is 5.73 Å². The van der Waals surface area contributed by atoms with E-state index in [1.54, 1.807) is 13.0 Å². The first kappa shape index (κ1) is 9.86. The smallest absolute Gasteiger partial charge is 0.180 e. The molecule has 0 aliphatic carbocycles. The summed E-state index contributed by atoms with van der Waals surface area (Å²) in [6.07, 6.45) is 0. The van der Waals surface area contributed by atoms with Gasteiger partial charge in [0.15, 0.2) is 10.9 Å². The van der Waals surface area contributed by atoms with Crippen LogP contribution in [-0.4, -0.2) is 10.8 Å². The molecule has 1 aromatic heterocycles. The Morgan fingerprint density at radius 3 is 2.87 bits per heavy atom. The Balaban J connectivity index is 2.45. The molecule has 76 valence electrons. The van der Waals surface area contributed by atoms with Crippen molar-refractivity contribution in [2.45, 2.75) is 6.92 Å². The third-order valence-corrected chi connectivity index (χ3v) is 2.76. The number of nitrogen functional groups attached to an aromatic ring is 1. The van der Waals surface area contributed by atoms with Crippen LogP contribution >= 0.6 is 11.3 Å². The average molecular weight is 218 g/mol. The van der Waals surface area contributed by atoms with Crippen LogP contribution in [0.2, 0.25) is 0 Å². The Bertz CT molecular complexity index is 505. The standard InChI is InChI=1S/C11H10N2OS/c1-7(14)8-3-2-4-9(5-8)10-6-15-11(12)13-10/h2-6H,1H3,(H2,12,13). The Kier molecular flexibility index (Phi) is 2.51. The maximum Gasteiger partial charge on any atom is 0.180 e. The first-order valence-corrected chi connectivity index (χ1v) is 5.37. The molecule has 0 amide bonds. The molecule has 15 heavy (non-hydrogen) atoms. The lowest BCUT2D eigenvalue weighted by atomic mass is 10.1. The van der Waals surface area contributed by atoms with Gasteiger partial charge in [0.2, 0.25) is 0 Å². The van der Waals surface area contributed by atoms with Crippen molar-refractivity contribution in [1.82, 2.24) is 4.98 Å². The van der Waals surface area contributed by atoms with E-state index in [1.807, 2.05) is 23.6 Å². The molecule has 3 nitrogen and oxygen atoms in total. The highest BCUT2D eigenvalue weighted by Gasteiger charge is 2.05. The number of ketones is 1. The van der Waals surface area contributed by atoms with E-state index in [2.05, 4.69) is 4.98 Å². The van der Waals surface area contributed by atoms with Crippen molar-refractivity contribution in [2.75, 3.05) is 5.73 Å². The third-order valence-electron chi connectivity index (χ3n) is 2.09. The Morgan fingerprint density at radius 1 is 1.47 bits per heavy atom. The fraction of sp³-hybridized carbons (Fsp3) is 0.0909. The number of aromatic nitrogens is 1. The normalized spacial score (nSPS) is 10.2. The highest BCUT2D eigenvalue weighted by molar-refractivity contribution is 7.13. The second-order valence-corrected chi connectivity index (χ2v) is 4.10. The molecule has 0 fully saturated rings. The fourth-order valence-electron chi connectivity index (χ4n) is 1.32. The van der Waals surface area contributed by atoms with E-state index >= 15 is 0 Å². The summed E-state index contributed by atoms with van der Waals surface area (Å²) in [6, 6.07) is 7.39. The van der Waals surface area contributed by atoms with Crippen molar-refractivity contribution in [3.05, 3.63) is 35.2 Å². The summed E-state index contributed by atoms with van der Waals surface area (Å²) in [7, 11) is 0. The van der Waals surface area contributed by atoms with Gasteiger partial charge in [0.05, 0.1) is 5.69 Å². The SMILES string of the molecule is CC(=O)c1cccc(-c2csc(N)n2)c1. The lowest BCUT2D eigenvalue weighted by Crippen LogP contribution is -1.92. The molecular weight excluding hydrogens is 208 g/mol. The molecule has 0 radical (unpaired) electrons. The minimum atomic E-state index is 0.0556. The predicted octanol–water partition coefficient (Wildman–Crippen LogP) is 2.59. The van der Waals surface area contributed by atoms with E-state index < -0.39 is 0 Å². The third kappa shape index (κ3) is 2.05. The first-order valence-electron chi connectivity index (χ1n) is 4.49. The van der Waals surface area contributed by atoms with Crippen LogP contribution in [0.3, 0.4) is 0 Å². The zero-order valence-electron chi connectivity index (χ0n) is 8.23. The Hall–Kier alpha value is -1.68. The van der Waals surface area contributed by atoms with Gasteiger partial charge in [0.25, 0.3) is 0 Å². The molecular formula is C11H10N2OS. The lowest BCUT2D eigenvalue weighted by molar-refractivity contribution is 0.101. The van der Waals surface area contributed by atoms with Gasteiger partial charge in [-0.1, -0.05) is 18.2 Å². The van der Waals surface area contributed by atoms with E-state index in [0.717, 1.165) is 11.3 Å². The minimum absolute atomic E-state index is 0.0556. The number of rotatable bonds is 2. The fourth-order valence-corrected chi connectivity index (χ4v) is 1.89. The molecule has 0 spiro atoms. The number of benzene rings is 1. The van der Waals surface area contributed by atoms with Gasteiger partial charge in [-0.2, -0.15) is 0 Å². The van der Waals surface area contributed by atoms with Crippen LogP contribution in [0.4, 0.5) is 5.13 Å². The highest BCUT2D eigenvalue weighted by atomic mass is 32.1. The van der Waals surface area contributed by atoms with Crippen molar-refractivity contribution >= 4 is 22.3 Å². The number of carbonyl (C=O) groups is 1. The second-order valence-electron chi connectivity index (χ2n) is 3.21. The van der Waals surface area contributed by atoms with Gasteiger partial charge in [-0.3, -0.25) is 4.79 Å². The summed E-state index contributed by atoms with van der Waals surface area (Å²) in [4.78, 5) is 15.4. The van der Waals surface area contributed by atoms with Crippen molar-refractivity contribution in [1.29, 1.82) is 0 Å².